The van der Waals surface area contributed by atoms with E-state index >= 15 is 0 Å². The van der Waals surface area contributed by atoms with Crippen LogP contribution in [0.15, 0.2) is 30.6 Å². The molecule has 1 aliphatic heterocycles. The van der Waals surface area contributed by atoms with E-state index in [1.54, 1.807) is 26.0 Å². The highest BCUT2D eigenvalue weighted by Crippen LogP contribution is 2.38. The largest absolute Gasteiger partial charge is 0.458 e. The van der Waals surface area contributed by atoms with Gasteiger partial charge >= 0.3 is 12.1 Å². The first-order valence-electron chi connectivity index (χ1n) is 10.6. The topological polar surface area (TPSA) is 103 Å². The number of nitrogens with zero attached hydrogens (tertiary/aromatic N) is 3. The number of alkyl halides is 3. The maximum Gasteiger partial charge on any atom is 0.434 e. The van der Waals surface area contributed by atoms with Gasteiger partial charge in [0.1, 0.15) is 17.7 Å². The Hall–Kier alpha value is -3.27. The van der Waals surface area contributed by atoms with Crippen LogP contribution in [0.25, 0.3) is 10.8 Å². The molecule has 0 aromatic carbocycles. The summed E-state index contributed by atoms with van der Waals surface area (Å²) in [6.45, 7) is 7.31. The van der Waals surface area contributed by atoms with E-state index in [0.717, 1.165) is 6.20 Å². The molecule has 1 aliphatic rings. The molecule has 4 rings (SSSR count). The normalized spacial score (nSPS) is 20.2. The third-order valence-corrected chi connectivity index (χ3v) is 6.22. The minimum atomic E-state index is -4.63. The number of hydrogen-bond donors (Lipinski definition) is 2. The van der Waals surface area contributed by atoms with Gasteiger partial charge in [-0.05, 0) is 49.4 Å². The molecule has 0 saturated heterocycles. The summed E-state index contributed by atoms with van der Waals surface area (Å²) in [5, 5.41) is 3.22. The summed E-state index contributed by atoms with van der Waals surface area (Å²) >= 11 is 0. The minimum absolute atomic E-state index is 0.112. The fourth-order valence-electron chi connectivity index (χ4n) is 3.83. The van der Waals surface area contributed by atoms with Gasteiger partial charge in [-0.3, -0.25) is 4.98 Å². The maximum absolute atomic E-state index is 13.6. The van der Waals surface area contributed by atoms with Crippen LogP contribution in [0, 0.1) is 0 Å². The highest BCUT2D eigenvalue weighted by molar-refractivity contribution is 5.93. The molecule has 4 heterocycles. The molecule has 10 heteroatoms. The number of esters is 1. The number of aromatic nitrogens is 3. The summed E-state index contributed by atoms with van der Waals surface area (Å²) < 4.78 is 46.0. The zero-order chi connectivity index (χ0) is 24.1. The van der Waals surface area contributed by atoms with Crippen molar-refractivity contribution in [2.45, 2.75) is 57.9 Å². The number of hydrogen-bond acceptors (Lipinski definition) is 7. The third-order valence-electron chi connectivity index (χ3n) is 6.22. The predicted molar refractivity (Wildman–Crippen MR) is 117 cm³/mol. The lowest BCUT2D eigenvalue weighted by Gasteiger charge is -2.27. The van der Waals surface area contributed by atoms with Crippen molar-refractivity contribution in [3.8, 4) is 0 Å². The molecule has 0 aliphatic carbocycles. The molecule has 3 N–H and O–H groups in total. The van der Waals surface area contributed by atoms with Crippen LogP contribution in [-0.2, 0) is 16.5 Å². The van der Waals surface area contributed by atoms with E-state index in [9.17, 15) is 18.0 Å². The summed E-state index contributed by atoms with van der Waals surface area (Å²) in [6.07, 6.45) is -2.13. The van der Waals surface area contributed by atoms with Crippen LogP contribution in [0.5, 0.6) is 0 Å². The van der Waals surface area contributed by atoms with E-state index in [1.165, 1.54) is 12.3 Å². The maximum atomic E-state index is 13.6. The SMILES string of the molecule is CCC(C)(N)c1cnc(C(F)(F)F)c2cnc(Nc3ccc4c(n3)[C@@H](C)[C@H](C)OC4=O)cc12. The van der Waals surface area contributed by atoms with Gasteiger partial charge in [-0.25, -0.2) is 14.8 Å². The monoisotopic (exact) mass is 459 g/mol. The third kappa shape index (κ3) is 4.10. The quantitative estimate of drug-likeness (QED) is 0.527. The summed E-state index contributed by atoms with van der Waals surface area (Å²) in [5.41, 5.74) is 5.94. The molecular weight excluding hydrogens is 435 g/mol. The van der Waals surface area contributed by atoms with E-state index in [4.69, 9.17) is 10.5 Å². The number of anilines is 2. The Morgan fingerprint density at radius 3 is 2.52 bits per heavy atom. The molecule has 7 nitrogen and oxygen atoms in total. The summed E-state index contributed by atoms with van der Waals surface area (Å²) in [6, 6.07) is 4.73. The number of pyridine rings is 3. The van der Waals surface area contributed by atoms with Crippen LogP contribution in [-0.4, -0.2) is 27.0 Å². The van der Waals surface area contributed by atoms with Gasteiger partial charge in [0, 0.05) is 29.2 Å². The van der Waals surface area contributed by atoms with Crippen LogP contribution < -0.4 is 11.1 Å². The van der Waals surface area contributed by atoms with Gasteiger partial charge in [0.05, 0.1) is 11.3 Å². The Balaban J connectivity index is 1.80. The van der Waals surface area contributed by atoms with E-state index in [1.807, 2.05) is 13.8 Å². The summed E-state index contributed by atoms with van der Waals surface area (Å²) in [4.78, 5) is 24.5. The van der Waals surface area contributed by atoms with Crippen molar-refractivity contribution in [2.24, 2.45) is 5.73 Å². The van der Waals surface area contributed by atoms with Crippen molar-refractivity contribution in [3.05, 3.63) is 53.1 Å². The standard InChI is InChI=1S/C23H24F3N5O2/c1-5-22(4,27)16-10-29-20(23(24,25)26)15-9-28-18(8-14(15)16)30-17-7-6-13-19(31-17)11(2)12(3)33-21(13)32/h6-12H,5,27H2,1-4H3,(H,28,30,31)/t11-,12-,22?/m0/s1. The predicted octanol–water partition coefficient (Wildman–Crippen LogP) is 5.03. The average Bonchev–Trinajstić information content (AvgIpc) is 2.76. The molecule has 1 unspecified atom stereocenters. The number of nitrogens with two attached hydrogens (primary N) is 1. The number of ether oxygens (including phenoxy) is 1. The Labute approximate surface area is 188 Å². The lowest BCUT2D eigenvalue weighted by molar-refractivity contribution is -0.139. The number of rotatable bonds is 4. The number of fused-ring (bicyclic) bond motifs is 2. The van der Waals surface area contributed by atoms with Gasteiger partial charge < -0.3 is 15.8 Å². The van der Waals surface area contributed by atoms with E-state index in [-0.39, 0.29) is 17.4 Å². The lowest BCUT2D eigenvalue weighted by Crippen LogP contribution is -2.32. The number of halogens is 3. The first-order valence-corrected chi connectivity index (χ1v) is 10.6. The zero-order valence-corrected chi connectivity index (χ0v) is 18.6. The molecule has 3 atom stereocenters. The van der Waals surface area contributed by atoms with Crippen LogP contribution in [0.3, 0.4) is 0 Å². The van der Waals surface area contributed by atoms with Crippen molar-refractivity contribution in [1.82, 2.24) is 15.0 Å². The molecule has 0 radical (unpaired) electrons. The molecule has 174 valence electrons. The van der Waals surface area contributed by atoms with Gasteiger partial charge in [0.2, 0.25) is 0 Å². The molecule has 0 amide bonds. The molecule has 0 spiro atoms. The smallest absolute Gasteiger partial charge is 0.434 e. The number of nitrogens with one attached hydrogen (secondary N) is 1. The van der Waals surface area contributed by atoms with E-state index < -0.39 is 23.4 Å². The van der Waals surface area contributed by atoms with E-state index in [0.29, 0.717) is 40.3 Å². The van der Waals surface area contributed by atoms with Crippen LogP contribution in [0.4, 0.5) is 24.8 Å². The van der Waals surface area contributed by atoms with Crippen molar-refractivity contribution in [1.29, 1.82) is 0 Å². The molecule has 0 bridgehead atoms. The molecule has 0 saturated carbocycles. The van der Waals surface area contributed by atoms with Gasteiger partial charge in [-0.1, -0.05) is 13.8 Å². The first-order chi connectivity index (χ1) is 15.4. The van der Waals surface area contributed by atoms with Gasteiger partial charge in [-0.15, -0.1) is 0 Å². The van der Waals surface area contributed by atoms with Crippen LogP contribution >= 0.6 is 0 Å². The van der Waals surface area contributed by atoms with E-state index in [2.05, 4.69) is 20.3 Å². The molecular formula is C23H24F3N5O2. The Bertz CT molecular complexity index is 1240. The van der Waals surface area contributed by atoms with Gasteiger partial charge in [-0.2, -0.15) is 13.2 Å². The van der Waals surface area contributed by atoms with Crippen molar-refractivity contribution in [2.75, 3.05) is 5.32 Å². The fraction of sp³-hybridized carbons (Fsp3) is 0.391. The van der Waals surface area contributed by atoms with Crippen LogP contribution in [0.2, 0.25) is 0 Å². The lowest BCUT2D eigenvalue weighted by atomic mass is 9.88. The number of carbonyl (C=O) groups excluding carboxylic acids is 1. The number of carbonyl (C=O) groups is 1. The van der Waals surface area contributed by atoms with Gasteiger partial charge in [0.15, 0.2) is 5.69 Å². The molecule has 3 aromatic heterocycles. The number of cyclic esters (lactones) is 1. The summed E-state index contributed by atoms with van der Waals surface area (Å²) in [5.74, 6) is 0.157. The fourth-order valence-corrected chi connectivity index (χ4v) is 3.83. The molecule has 0 fully saturated rings. The highest BCUT2D eigenvalue weighted by atomic mass is 19.4. The Kier molecular flexibility index (Phi) is 5.52. The average molecular weight is 459 g/mol. The highest BCUT2D eigenvalue weighted by Gasteiger charge is 2.36. The Morgan fingerprint density at radius 2 is 1.85 bits per heavy atom. The minimum Gasteiger partial charge on any atom is -0.458 e. The molecule has 33 heavy (non-hydrogen) atoms. The second kappa shape index (κ2) is 7.95. The summed E-state index contributed by atoms with van der Waals surface area (Å²) in [7, 11) is 0. The van der Waals surface area contributed by atoms with Crippen molar-refractivity contribution >= 4 is 28.4 Å². The van der Waals surface area contributed by atoms with Crippen molar-refractivity contribution in [3.63, 3.8) is 0 Å². The van der Waals surface area contributed by atoms with Gasteiger partial charge in [0.25, 0.3) is 0 Å². The molecule has 3 aromatic rings. The second-order valence-electron chi connectivity index (χ2n) is 8.56. The van der Waals surface area contributed by atoms with Crippen molar-refractivity contribution < 1.29 is 22.7 Å². The first kappa shape index (κ1) is 22.9. The zero-order valence-electron chi connectivity index (χ0n) is 18.6. The Morgan fingerprint density at radius 1 is 1.12 bits per heavy atom. The van der Waals surface area contributed by atoms with Crippen LogP contribution in [0.1, 0.15) is 67.3 Å². The second-order valence-corrected chi connectivity index (χ2v) is 8.56.